The van der Waals surface area contributed by atoms with Crippen molar-refractivity contribution in [2.45, 2.75) is 6.10 Å². The van der Waals surface area contributed by atoms with Crippen LogP contribution in [0.3, 0.4) is 0 Å². The summed E-state index contributed by atoms with van der Waals surface area (Å²) in [5.41, 5.74) is 0.286. The summed E-state index contributed by atoms with van der Waals surface area (Å²) in [7, 11) is 0. The number of carboxylic acid groups (broad SMARTS) is 1. The number of cyclic esters (lactones) is 1. The molecule has 1 N–H and O–H groups in total. The van der Waals surface area contributed by atoms with Crippen LogP contribution in [-0.2, 0) is 9.53 Å². The standard InChI is InChI=1S/C10H8FNO4/c11-6-2-1-3-7(4-6)12-5-8(9(13)14)16-10(12)15/h1-4,8H,5H2,(H,13,14). The maximum Gasteiger partial charge on any atom is 0.415 e. The number of anilines is 1. The maximum absolute atomic E-state index is 12.9. The van der Waals surface area contributed by atoms with Gasteiger partial charge in [-0.2, -0.15) is 0 Å². The molecule has 1 aliphatic rings. The molecular formula is C10H8FNO4. The van der Waals surface area contributed by atoms with Crippen LogP contribution in [0, 0.1) is 5.82 Å². The summed E-state index contributed by atoms with van der Waals surface area (Å²) in [6.07, 6.45) is -1.98. The highest BCUT2D eigenvalue weighted by Crippen LogP contribution is 2.22. The minimum absolute atomic E-state index is 0.113. The third-order valence-electron chi connectivity index (χ3n) is 2.21. The summed E-state index contributed by atoms with van der Waals surface area (Å²) < 4.78 is 17.5. The molecule has 1 fully saturated rings. The Bertz CT molecular complexity index is 448. The van der Waals surface area contributed by atoms with Crippen LogP contribution in [0.2, 0.25) is 0 Å². The van der Waals surface area contributed by atoms with Crippen LogP contribution in [0.1, 0.15) is 0 Å². The Labute approximate surface area is 90.0 Å². The molecule has 84 valence electrons. The van der Waals surface area contributed by atoms with E-state index >= 15 is 0 Å². The average molecular weight is 225 g/mol. The van der Waals surface area contributed by atoms with Crippen molar-refractivity contribution in [3.05, 3.63) is 30.1 Å². The fraction of sp³-hybridized carbons (Fsp3) is 0.200. The molecule has 1 unspecified atom stereocenters. The number of carbonyl (C=O) groups excluding carboxylic acids is 1. The van der Waals surface area contributed by atoms with Crippen LogP contribution < -0.4 is 4.90 Å². The van der Waals surface area contributed by atoms with E-state index in [1.165, 1.54) is 18.2 Å². The predicted molar refractivity (Wildman–Crippen MR) is 51.7 cm³/mol. The van der Waals surface area contributed by atoms with Crippen LogP contribution in [0.4, 0.5) is 14.9 Å². The highest BCUT2D eigenvalue weighted by atomic mass is 19.1. The second kappa shape index (κ2) is 3.80. The van der Waals surface area contributed by atoms with Gasteiger partial charge in [-0.3, -0.25) is 4.90 Å². The third-order valence-corrected chi connectivity index (χ3v) is 2.21. The van der Waals surface area contributed by atoms with Gasteiger partial charge in [-0.25, -0.2) is 14.0 Å². The number of hydrogen-bond donors (Lipinski definition) is 1. The van der Waals surface area contributed by atoms with Crippen LogP contribution in [0.15, 0.2) is 24.3 Å². The second-order valence-corrected chi connectivity index (χ2v) is 3.30. The SMILES string of the molecule is O=C(O)C1CN(c2cccc(F)c2)C(=O)O1. The summed E-state index contributed by atoms with van der Waals surface area (Å²) in [4.78, 5) is 23.0. The molecule has 6 heteroatoms. The molecular weight excluding hydrogens is 217 g/mol. The molecule has 0 aromatic heterocycles. The number of benzene rings is 1. The van der Waals surface area contributed by atoms with Crippen molar-refractivity contribution in [2.24, 2.45) is 0 Å². The lowest BCUT2D eigenvalue weighted by molar-refractivity contribution is -0.144. The van der Waals surface area contributed by atoms with Gasteiger partial charge >= 0.3 is 12.1 Å². The van der Waals surface area contributed by atoms with E-state index < -0.39 is 24.0 Å². The van der Waals surface area contributed by atoms with Crippen LogP contribution in [0.25, 0.3) is 0 Å². The highest BCUT2D eigenvalue weighted by molar-refractivity contribution is 5.93. The molecule has 1 atom stereocenters. The largest absolute Gasteiger partial charge is 0.478 e. The molecule has 16 heavy (non-hydrogen) atoms. The van der Waals surface area contributed by atoms with E-state index in [2.05, 4.69) is 4.74 Å². The van der Waals surface area contributed by atoms with Crippen LogP contribution >= 0.6 is 0 Å². The zero-order valence-electron chi connectivity index (χ0n) is 8.09. The average Bonchev–Trinajstić information content (AvgIpc) is 2.60. The van der Waals surface area contributed by atoms with Crippen molar-refractivity contribution in [1.82, 2.24) is 0 Å². The number of carboxylic acids is 1. The van der Waals surface area contributed by atoms with Gasteiger partial charge in [0, 0.05) is 0 Å². The molecule has 0 aliphatic carbocycles. The molecule has 0 bridgehead atoms. The van der Waals surface area contributed by atoms with E-state index in [1.807, 2.05) is 0 Å². The molecule has 1 aliphatic heterocycles. The van der Waals surface area contributed by atoms with Gasteiger partial charge < -0.3 is 9.84 Å². The van der Waals surface area contributed by atoms with E-state index in [4.69, 9.17) is 5.11 Å². The lowest BCUT2D eigenvalue weighted by Gasteiger charge is -2.11. The first-order valence-corrected chi connectivity index (χ1v) is 4.54. The number of carbonyl (C=O) groups is 2. The fourth-order valence-corrected chi connectivity index (χ4v) is 1.45. The normalized spacial score (nSPS) is 19.7. The van der Waals surface area contributed by atoms with Gasteiger partial charge in [0.05, 0.1) is 12.2 Å². The Kier molecular flexibility index (Phi) is 2.47. The monoisotopic (exact) mass is 225 g/mol. The van der Waals surface area contributed by atoms with Crippen molar-refractivity contribution in [1.29, 1.82) is 0 Å². The van der Waals surface area contributed by atoms with E-state index in [0.717, 1.165) is 11.0 Å². The topological polar surface area (TPSA) is 66.8 Å². The number of rotatable bonds is 2. The molecule has 1 saturated heterocycles. The zero-order chi connectivity index (χ0) is 11.7. The van der Waals surface area contributed by atoms with Gasteiger partial charge in [-0.1, -0.05) is 6.07 Å². The Morgan fingerprint density at radius 2 is 2.31 bits per heavy atom. The molecule has 0 spiro atoms. The first-order chi connectivity index (χ1) is 7.58. The van der Waals surface area contributed by atoms with E-state index in [9.17, 15) is 14.0 Å². The lowest BCUT2D eigenvalue weighted by Crippen LogP contribution is -2.27. The summed E-state index contributed by atoms with van der Waals surface area (Å²) in [5, 5.41) is 8.67. The number of amides is 1. The molecule has 5 nitrogen and oxygen atoms in total. The Hall–Kier alpha value is -2.11. The minimum atomic E-state index is -1.22. The summed E-state index contributed by atoms with van der Waals surface area (Å²) in [5.74, 6) is -1.71. The fourth-order valence-electron chi connectivity index (χ4n) is 1.45. The van der Waals surface area contributed by atoms with Crippen LogP contribution in [-0.4, -0.2) is 29.8 Å². The Morgan fingerprint density at radius 1 is 1.56 bits per heavy atom. The molecule has 1 aromatic rings. The first kappa shape index (κ1) is 10.4. The number of halogens is 1. The summed E-state index contributed by atoms with van der Waals surface area (Å²) in [6, 6.07) is 5.33. The van der Waals surface area contributed by atoms with E-state index in [1.54, 1.807) is 0 Å². The Balaban J connectivity index is 2.23. The second-order valence-electron chi connectivity index (χ2n) is 3.30. The van der Waals surface area contributed by atoms with Gasteiger partial charge in [0.15, 0.2) is 0 Å². The molecule has 0 radical (unpaired) electrons. The lowest BCUT2D eigenvalue weighted by atomic mass is 10.2. The smallest absolute Gasteiger partial charge is 0.415 e. The molecule has 1 aromatic carbocycles. The zero-order valence-corrected chi connectivity index (χ0v) is 8.09. The predicted octanol–water partition coefficient (Wildman–Crippen LogP) is 1.24. The van der Waals surface area contributed by atoms with Crippen molar-refractivity contribution in [3.63, 3.8) is 0 Å². The quantitative estimate of drug-likeness (QED) is 0.822. The number of nitrogens with zero attached hydrogens (tertiary/aromatic N) is 1. The maximum atomic E-state index is 12.9. The Morgan fingerprint density at radius 3 is 2.88 bits per heavy atom. The van der Waals surface area contributed by atoms with Gasteiger partial charge in [0.1, 0.15) is 5.82 Å². The van der Waals surface area contributed by atoms with Crippen LogP contribution in [0.5, 0.6) is 0 Å². The van der Waals surface area contributed by atoms with Gasteiger partial charge in [-0.05, 0) is 18.2 Å². The summed E-state index contributed by atoms with van der Waals surface area (Å²) >= 11 is 0. The number of aliphatic carboxylic acids is 1. The molecule has 1 heterocycles. The van der Waals surface area contributed by atoms with Crippen molar-refractivity contribution in [2.75, 3.05) is 11.4 Å². The minimum Gasteiger partial charge on any atom is -0.478 e. The number of ether oxygens (including phenoxy) is 1. The molecule has 2 rings (SSSR count). The molecule has 0 saturated carbocycles. The van der Waals surface area contributed by atoms with E-state index in [-0.39, 0.29) is 12.2 Å². The van der Waals surface area contributed by atoms with Gasteiger partial charge in [0.2, 0.25) is 6.10 Å². The van der Waals surface area contributed by atoms with Gasteiger partial charge in [-0.15, -0.1) is 0 Å². The van der Waals surface area contributed by atoms with Crippen molar-refractivity contribution >= 4 is 17.7 Å². The van der Waals surface area contributed by atoms with Crippen molar-refractivity contribution < 1.29 is 23.8 Å². The first-order valence-electron chi connectivity index (χ1n) is 4.54. The summed E-state index contributed by atoms with van der Waals surface area (Å²) in [6.45, 7) is -0.113. The molecule has 1 amide bonds. The highest BCUT2D eigenvalue weighted by Gasteiger charge is 2.36. The van der Waals surface area contributed by atoms with E-state index in [0.29, 0.717) is 0 Å². The number of hydrogen-bond acceptors (Lipinski definition) is 3. The van der Waals surface area contributed by atoms with Crippen molar-refractivity contribution in [3.8, 4) is 0 Å². The third kappa shape index (κ3) is 1.81. The van der Waals surface area contributed by atoms with Gasteiger partial charge in [0.25, 0.3) is 0 Å².